The molecular weight excluding hydrogens is 516 g/mol. The SMILES string of the molecule is COC1=C2C(=O)c3c(O)cc(C4CCCN4)c(N(C)C)c3CC2CC2C(N(C)C)C(=O)C(C(N)=O)C(=O)C12OC. The number of ether oxygens (including phenoxy) is 2. The highest BCUT2D eigenvalue weighted by atomic mass is 16.5. The third kappa shape index (κ3) is 3.74. The first kappa shape index (κ1) is 28.3. The van der Waals surface area contributed by atoms with Crippen molar-refractivity contribution >= 4 is 28.9 Å². The largest absolute Gasteiger partial charge is 0.507 e. The van der Waals surface area contributed by atoms with Crippen LogP contribution in [0.5, 0.6) is 5.75 Å². The van der Waals surface area contributed by atoms with Crippen molar-refractivity contribution in [1.82, 2.24) is 10.2 Å². The van der Waals surface area contributed by atoms with Gasteiger partial charge in [-0.05, 0) is 69.4 Å². The molecule has 1 saturated carbocycles. The summed E-state index contributed by atoms with van der Waals surface area (Å²) in [4.78, 5) is 57.9. The number of primary amides is 1. The fourth-order valence-corrected chi connectivity index (χ4v) is 7.78. The number of phenolic OH excluding ortho intramolecular Hbond substituents is 1. The summed E-state index contributed by atoms with van der Waals surface area (Å²) in [6.07, 6.45) is 2.58. The van der Waals surface area contributed by atoms with E-state index in [9.17, 15) is 24.3 Å². The number of nitrogens with two attached hydrogens (primary N) is 1. The molecule has 1 heterocycles. The Balaban J connectivity index is 1.77. The monoisotopic (exact) mass is 554 g/mol. The van der Waals surface area contributed by atoms with E-state index in [-0.39, 0.29) is 35.1 Å². The maximum Gasteiger partial charge on any atom is 0.235 e. The van der Waals surface area contributed by atoms with Gasteiger partial charge in [0.05, 0.1) is 18.7 Å². The summed E-state index contributed by atoms with van der Waals surface area (Å²) in [7, 11) is 9.90. The Labute approximate surface area is 233 Å². The van der Waals surface area contributed by atoms with E-state index in [1.807, 2.05) is 19.0 Å². The normalized spacial score (nSPS) is 31.7. The van der Waals surface area contributed by atoms with Crippen molar-refractivity contribution in [2.24, 2.45) is 23.5 Å². The number of aromatic hydroxyl groups is 1. The number of hydrogen-bond acceptors (Lipinski definition) is 10. The van der Waals surface area contributed by atoms with Crippen molar-refractivity contribution < 1.29 is 33.8 Å². The van der Waals surface area contributed by atoms with E-state index in [1.165, 1.54) is 14.2 Å². The number of anilines is 1. The topological polar surface area (TPSA) is 152 Å². The Bertz CT molecular complexity index is 1330. The van der Waals surface area contributed by atoms with Gasteiger partial charge in [0.15, 0.2) is 28.9 Å². The molecule has 11 nitrogen and oxygen atoms in total. The first-order valence-electron chi connectivity index (χ1n) is 13.6. The van der Waals surface area contributed by atoms with E-state index in [0.29, 0.717) is 6.42 Å². The van der Waals surface area contributed by atoms with E-state index >= 15 is 0 Å². The summed E-state index contributed by atoms with van der Waals surface area (Å²) < 4.78 is 11.7. The van der Waals surface area contributed by atoms with Gasteiger partial charge in [-0.2, -0.15) is 0 Å². The smallest absolute Gasteiger partial charge is 0.235 e. The van der Waals surface area contributed by atoms with Gasteiger partial charge < -0.3 is 30.5 Å². The molecule has 216 valence electrons. The lowest BCUT2D eigenvalue weighted by Gasteiger charge is -2.53. The number of phenols is 1. The van der Waals surface area contributed by atoms with Gasteiger partial charge in [0.1, 0.15) is 11.5 Å². The van der Waals surface area contributed by atoms with Crippen LogP contribution in [0, 0.1) is 17.8 Å². The molecule has 0 spiro atoms. The molecular formula is C29H38N4O7. The summed E-state index contributed by atoms with van der Waals surface area (Å²) in [5.41, 5.74) is 6.65. The van der Waals surface area contributed by atoms with E-state index < -0.39 is 52.7 Å². The zero-order chi connectivity index (χ0) is 29.3. The number of fused-ring (bicyclic) bond motifs is 3. The van der Waals surface area contributed by atoms with Crippen LogP contribution in [0.2, 0.25) is 0 Å². The summed E-state index contributed by atoms with van der Waals surface area (Å²) in [5, 5.41) is 14.7. The van der Waals surface area contributed by atoms with Gasteiger partial charge in [-0.1, -0.05) is 0 Å². The fraction of sp³-hybridized carbons (Fsp3) is 0.586. The first-order valence-corrected chi connectivity index (χ1v) is 13.6. The molecule has 6 unspecified atom stereocenters. The maximum atomic E-state index is 14.3. The van der Waals surface area contributed by atoms with Crippen LogP contribution in [0.25, 0.3) is 0 Å². The van der Waals surface area contributed by atoms with E-state index in [0.717, 1.165) is 36.2 Å². The molecule has 2 fully saturated rings. The Morgan fingerprint density at radius 2 is 1.88 bits per heavy atom. The highest BCUT2D eigenvalue weighted by Gasteiger charge is 2.67. The number of methoxy groups -OCH3 is 2. The van der Waals surface area contributed by atoms with E-state index in [2.05, 4.69) is 5.32 Å². The molecule has 6 atom stereocenters. The molecule has 40 heavy (non-hydrogen) atoms. The summed E-state index contributed by atoms with van der Waals surface area (Å²) in [5.74, 6) is -5.97. The molecule has 1 aliphatic heterocycles. The van der Waals surface area contributed by atoms with Gasteiger partial charge in [0.25, 0.3) is 0 Å². The number of carbonyl (C=O) groups excluding carboxylic acids is 4. The zero-order valence-corrected chi connectivity index (χ0v) is 23.9. The van der Waals surface area contributed by atoms with Crippen molar-refractivity contribution in [2.45, 2.75) is 43.4 Å². The van der Waals surface area contributed by atoms with Crippen molar-refractivity contribution in [3.8, 4) is 5.75 Å². The number of allylic oxidation sites excluding steroid dienone is 1. The lowest BCUT2D eigenvalue weighted by molar-refractivity contribution is -0.175. The van der Waals surface area contributed by atoms with Gasteiger partial charge in [-0.15, -0.1) is 0 Å². The number of nitrogens with zero attached hydrogens (tertiary/aromatic N) is 2. The van der Waals surface area contributed by atoms with Gasteiger partial charge in [-0.3, -0.25) is 24.1 Å². The summed E-state index contributed by atoms with van der Waals surface area (Å²) >= 11 is 0. The number of amides is 1. The van der Waals surface area contributed by atoms with E-state index in [4.69, 9.17) is 15.2 Å². The Morgan fingerprint density at radius 3 is 2.40 bits per heavy atom. The Morgan fingerprint density at radius 1 is 1.18 bits per heavy atom. The van der Waals surface area contributed by atoms with Crippen LogP contribution >= 0.6 is 0 Å². The fourth-order valence-electron chi connectivity index (χ4n) is 7.78. The Hall–Kier alpha value is -3.28. The van der Waals surface area contributed by atoms with Gasteiger partial charge in [0, 0.05) is 44.4 Å². The van der Waals surface area contributed by atoms with Crippen molar-refractivity contribution in [3.05, 3.63) is 34.1 Å². The minimum Gasteiger partial charge on any atom is -0.507 e. The standard InChI is InChI=1S/C29H38N4O7/c1-32(2)22-14(17-8-7-9-31-17)12-18(34)20-15(22)10-13-11-16-23(33(3)4)25(36)21(28(30)38)26(37)29(16,40-6)27(39-5)19(13)24(20)35/h12-13,16-17,21,23,31,34H,7-11H2,1-6H3,(H2,30,38). The highest BCUT2D eigenvalue weighted by molar-refractivity contribution is 6.25. The van der Waals surface area contributed by atoms with Crippen LogP contribution in [0.3, 0.4) is 0 Å². The van der Waals surface area contributed by atoms with Crippen molar-refractivity contribution in [2.75, 3.05) is 53.9 Å². The number of benzene rings is 1. The number of Topliss-reactive ketones (excluding diaryl/α,β-unsaturated/α-hetero) is 3. The van der Waals surface area contributed by atoms with Crippen LogP contribution in [0.15, 0.2) is 17.4 Å². The molecule has 4 N–H and O–H groups in total. The van der Waals surface area contributed by atoms with Crippen LogP contribution in [0.4, 0.5) is 5.69 Å². The van der Waals surface area contributed by atoms with Crippen LogP contribution < -0.4 is 16.0 Å². The third-order valence-electron chi connectivity index (χ3n) is 9.22. The average molecular weight is 555 g/mol. The molecule has 11 heteroatoms. The predicted octanol–water partition coefficient (Wildman–Crippen LogP) is 0.727. The van der Waals surface area contributed by atoms with Crippen LogP contribution in [-0.4, -0.2) is 93.9 Å². The maximum absolute atomic E-state index is 14.3. The number of rotatable bonds is 6. The number of hydrogen-bond donors (Lipinski definition) is 3. The lowest BCUT2D eigenvalue weighted by atomic mass is 9.56. The molecule has 0 bridgehead atoms. The molecule has 1 aromatic carbocycles. The van der Waals surface area contributed by atoms with Crippen molar-refractivity contribution in [3.63, 3.8) is 0 Å². The molecule has 5 rings (SSSR count). The molecule has 1 saturated heterocycles. The second kappa shape index (κ2) is 9.97. The van der Waals surface area contributed by atoms with Gasteiger partial charge >= 0.3 is 0 Å². The molecule has 1 aromatic rings. The van der Waals surface area contributed by atoms with E-state index in [1.54, 1.807) is 25.1 Å². The number of ketones is 3. The van der Waals surface area contributed by atoms with Gasteiger partial charge in [0.2, 0.25) is 5.91 Å². The minimum absolute atomic E-state index is 0.0187. The molecule has 1 amide bonds. The number of carbonyl (C=O) groups is 4. The van der Waals surface area contributed by atoms with Crippen molar-refractivity contribution in [1.29, 1.82) is 0 Å². The van der Waals surface area contributed by atoms with Crippen LogP contribution in [0.1, 0.15) is 46.8 Å². The minimum atomic E-state index is -1.87. The second-order valence-corrected chi connectivity index (χ2v) is 11.7. The highest BCUT2D eigenvalue weighted by Crippen LogP contribution is 2.55. The molecule has 4 aliphatic rings. The molecule has 0 radical (unpaired) electrons. The predicted molar refractivity (Wildman–Crippen MR) is 146 cm³/mol. The molecule has 3 aliphatic carbocycles. The number of likely N-dealkylation sites (N-methyl/N-ethyl adjacent to an activating group) is 1. The van der Waals surface area contributed by atoms with Crippen LogP contribution in [-0.2, 0) is 30.3 Å². The first-order chi connectivity index (χ1) is 18.9. The summed E-state index contributed by atoms with van der Waals surface area (Å²) in [6.45, 7) is 0.877. The molecule has 0 aromatic heterocycles. The third-order valence-corrected chi connectivity index (χ3v) is 9.22. The lowest BCUT2D eigenvalue weighted by Crippen LogP contribution is -2.70. The second-order valence-electron chi connectivity index (χ2n) is 11.7. The van der Waals surface area contributed by atoms with Gasteiger partial charge in [-0.25, -0.2) is 0 Å². The number of nitrogens with one attached hydrogen (secondary N) is 1. The summed E-state index contributed by atoms with van der Waals surface area (Å²) in [6, 6.07) is 0.838. The Kier molecular flexibility index (Phi) is 7.04. The quantitative estimate of drug-likeness (QED) is 0.429. The zero-order valence-electron chi connectivity index (χ0n) is 23.9. The average Bonchev–Trinajstić information content (AvgIpc) is 3.41.